The van der Waals surface area contributed by atoms with Crippen molar-refractivity contribution in [1.82, 2.24) is 0 Å². The van der Waals surface area contributed by atoms with E-state index in [0.29, 0.717) is 18.3 Å². The highest BCUT2D eigenvalue weighted by Gasteiger charge is 2.59. The van der Waals surface area contributed by atoms with Crippen LogP contribution >= 0.6 is 0 Å². The lowest BCUT2D eigenvalue weighted by molar-refractivity contribution is -0.151. The van der Waals surface area contributed by atoms with E-state index in [-0.39, 0.29) is 59.5 Å². The number of ketones is 3. The van der Waals surface area contributed by atoms with Crippen molar-refractivity contribution in [3.05, 3.63) is 23.3 Å². The molecule has 5 heteroatoms. The molecule has 174 valence electrons. The molecule has 4 aliphatic rings. The molecule has 5 nitrogen and oxygen atoms in total. The number of hydrogen-bond acceptors (Lipinski definition) is 5. The van der Waals surface area contributed by atoms with Crippen LogP contribution in [-0.2, 0) is 23.9 Å². The van der Waals surface area contributed by atoms with Crippen LogP contribution < -0.4 is 0 Å². The Labute approximate surface area is 191 Å². The van der Waals surface area contributed by atoms with Gasteiger partial charge in [-0.25, -0.2) is 0 Å². The highest BCUT2D eigenvalue weighted by Crippen LogP contribution is 2.65. The fourth-order valence-corrected chi connectivity index (χ4v) is 7.50. The molecule has 0 amide bonds. The Balaban J connectivity index is 1.51. The zero-order valence-electron chi connectivity index (χ0n) is 19.9. The van der Waals surface area contributed by atoms with E-state index in [0.717, 1.165) is 32.1 Å². The number of fused-ring (bicyclic) bond motifs is 5. The molecular formula is C27H36O5. The van der Waals surface area contributed by atoms with Crippen LogP contribution in [0.4, 0.5) is 0 Å². The second-order valence-electron chi connectivity index (χ2n) is 11.1. The van der Waals surface area contributed by atoms with Gasteiger partial charge in [0.05, 0.1) is 6.42 Å². The Hall–Kier alpha value is -2.04. The van der Waals surface area contributed by atoms with Crippen molar-refractivity contribution in [3.63, 3.8) is 0 Å². The van der Waals surface area contributed by atoms with Crippen LogP contribution in [0, 0.1) is 34.5 Å². The molecule has 0 bridgehead atoms. The van der Waals surface area contributed by atoms with Gasteiger partial charge >= 0.3 is 5.97 Å². The molecule has 4 rings (SSSR count). The summed E-state index contributed by atoms with van der Waals surface area (Å²) < 4.78 is 5.25. The van der Waals surface area contributed by atoms with E-state index in [2.05, 4.69) is 26.8 Å². The minimum Gasteiger partial charge on any atom is -0.458 e. The van der Waals surface area contributed by atoms with E-state index in [4.69, 9.17) is 4.74 Å². The smallest absolute Gasteiger partial charge is 0.306 e. The van der Waals surface area contributed by atoms with Gasteiger partial charge in [-0.3, -0.25) is 14.4 Å². The van der Waals surface area contributed by atoms with E-state index >= 15 is 0 Å². The summed E-state index contributed by atoms with van der Waals surface area (Å²) in [7, 11) is 0. The van der Waals surface area contributed by atoms with Crippen LogP contribution in [0.1, 0.15) is 79.1 Å². The third kappa shape index (κ3) is 3.82. The molecule has 2 unspecified atom stereocenters. The summed E-state index contributed by atoms with van der Waals surface area (Å²) in [5.74, 6) is 0.773. The molecule has 0 aromatic carbocycles. The van der Waals surface area contributed by atoms with E-state index in [1.165, 1.54) is 18.1 Å². The molecule has 4 aliphatic carbocycles. The molecule has 0 aromatic heterocycles. The predicted molar refractivity (Wildman–Crippen MR) is 121 cm³/mol. The summed E-state index contributed by atoms with van der Waals surface area (Å²) in [5.41, 5.74) is 2.67. The molecule has 0 N–H and O–H groups in total. The van der Waals surface area contributed by atoms with Crippen molar-refractivity contribution in [3.8, 4) is 0 Å². The lowest BCUT2D eigenvalue weighted by Crippen LogP contribution is -2.46. The van der Waals surface area contributed by atoms with Gasteiger partial charge in [0.1, 0.15) is 12.4 Å². The zero-order chi connectivity index (χ0) is 23.3. The SMILES string of the molecule is CC(=O)CCC(=O)OCC(=O)[C@H]1[C@H](C)CC2C3CCC4=CC(=O)CC[C@]4(C)C3=CC[C@@]21C. The number of carbonyl (C=O) groups excluding carboxylic acids is 4. The Morgan fingerprint density at radius 3 is 2.62 bits per heavy atom. The molecule has 6 atom stereocenters. The molecule has 0 spiro atoms. The van der Waals surface area contributed by atoms with Gasteiger partial charge in [-0.15, -0.1) is 0 Å². The first kappa shape index (κ1) is 23.1. The number of carbonyl (C=O) groups is 4. The Morgan fingerprint density at radius 1 is 1.16 bits per heavy atom. The number of rotatable bonds is 6. The molecule has 0 aliphatic heterocycles. The van der Waals surface area contributed by atoms with Crippen LogP contribution in [0.5, 0.6) is 0 Å². The largest absolute Gasteiger partial charge is 0.458 e. The first-order valence-corrected chi connectivity index (χ1v) is 12.2. The van der Waals surface area contributed by atoms with Crippen LogP contribution in [0.3, 0.4) is 0 Å². The van der Waals surface area contributed by atoms with Crippen LogP contribution in [0.2, 0.25) is 0 Å². The quantitative estimate of drug-likeness (QED) is 0.439. The fraction of sp³-hybridized carbons (Fsp3) is 0.704. The van der Waals surface area contributed by atoms with E-state index in [9.17, 15) is 19.2 Å². The van der Waals surface area contributed by atoms with Gasteiger partial charge in [0.15, 0.2) is 11.6 Å². The first-order valence-electron chi connectivity index (χ1n) is 12.2. The minimum absolute atomic E-state index is 0.00423. The van der Waals surface area contributed by atoms with Gasteiger partial charge in [-0.2, -0.15) is 0 Å². The molecule has 0 radical (unpaired) electrons. The summed E-state index contributed by atoms with van der Waals surface area (Å²) in [5, 5.41) is 0. The third-order valence-electron chi connectivity index (χ3n) is 9.08. The normalized spacial score (nSPS) is 38.1. The molecular weight excluding hydrogens is 404 g/mol. The second-order valence-corrected chi connectivity index (χ2v) is 11.1. The van der Waals surface area contributed by atoms with Crippen LogP contribution in [0.25, 0.3) is 0 Å². The average molecular weight is 441 g/mol. The predicted octanol–water partition coefficient (Wildman–Crippen LogP) is 4.78. The highest BCUT2D eigenvalue weighted by molar-refractivity contribution is 5.92. The second kappa shape index (κ2) is 8.39. The van der Waals surface area contributed by atoms with Crippen LogP contribution in [-0.4, -0.2) is 29.9 Å². The number of allylic oxidation sites excluding steroid dienone is 4. The summed E-state index contributed by atoms with van der Waals surface area (Å²) >= 11 is 0. The van der Waals surface area contributed by atoms with Crippen molar-refractivity contribution in [1.29, 1.82) is 0 Å². The molecule has 2 fully saturated rings. The standard InChI is InChI=1S/C27H36O5/c1-16-13-22-20-7-6-18-14-19(29)9-11-26(18,3)21(20)10-12-27(22,4)25(16)23(30)15-32-24(31)8-5-17(2)28/h10,14,16,20,22,25H,5-9,11-13,15H2,1-4H3/t16-,20?,22?,25-,26+,27+/m1/s1. The summed E-state index contributed by atoms with van der Waals surface area (Å²) in [6.45, 7) is 7.99. The first-order chi connectivity index (χ1) is 15.1. The summed E-state index contributed by atoms with van der Waals surface area (Å²) in [4.78, 5) is 48.3. The van der Waals surface area contributed by atoms with Gasteiger partial charge < -0.3 is 9.53 Å². The minimum atomic E-state index is -0.474. The number of Topliss-reactive ketones (excluding diaryl/α,β-unsaturated/α-hetero) is 2. The van der Waals surface area contributed by atoms with Crippen molar-refractivity contribution < 1.29 is 23.9 Å². The Morgan fingerprint density at radius 2 is 1.91 bits per heavy atom. The summed E-state index contributed by atoms with van der Waals surface area (Å²) in [6.07, 6.45) is 9.90. The fourth-order valence-electron chi connectivity index (χ4n) is 7.50. The third-order valence-corrected chi connectivity index (χ3v) is 9.08. The van der Waals surface area contributed by atoms with Gasteiger partial charge in [0, 0.05) is 24.2 Å². The van der Waals surface area contributed by atoms with Crippen molar-refractivity contribution >= 4 is 23.3 Å². The van der Waals surface area contributed by atoms with Gasteiger partial charge in [0.2, 0.25) is 0 Å². The molecule has 0 saturated heterocycles. The topological polar surface area (TPSA) is 77.5 Å². The maximum Gasteiger partial charge on any atom is 0.306 e. The van der Waals surface area contributed by atoms with E-state index in [1.54, 1.807) is 0 Å². The Bertz CT molecular complexity index is 911. The lowest BCUT2D eigenvalue weighted by atomic mass is 9.51. The molecule has 0 aromatic rings. The van der Waals surface area contributed by atoms with Gasteiger partial charge in [0.25, 0.3) is 0 Å². The Kier molecular flexibility index (Phi) is 6.06. The maximum atomic E-state index is 13.2. The lowest BCUT2D eigenvalue weighted by Gasteiger charge is -2.53. The van der Waals surface area contributed by atoms with E-state index in [1.807, 2.05) is 6.08 Å². The zero-order valence-corrected chi connectivity index (χ0v) is 19.9. The number of esters is 1. The molecule has 0 heterocycles. The average Bonchev–Trinajstić information content (AvgIpc) is 3.01. The summed E-state index contributed by atoms with van der Waals surface area (Å²) in [6, 6.07) is 0. The molecule has 2 saturated carbocycles. The van der Waals surface area contributed by atoms with Crippen molar-refractivity contribution in [2.24, 2.45) is 34.5 Å². The maximum absolute atomic E-state index is 13.2. The highest BCUT2D eigenvalue weighted by atomic mass is 16.5. The van der Waals surface area contributed by atoms with Crippen LogP contribution in [0.15, 0.2) is 23.3 Å². The number of hydrogen-bond donors (Lipinski definition) is 0. The number of ether oxygens (including phenoxy) is 1. The van der Waals surface area contributed by atoms with Crippen molar-refractivity contribution in [2.75, 3.05) is 6.61 Å². The van der Waals surface area contributed by atoms with Gasteiger partial charge in [-0.05, 0) is 68.3 Å². The monoisotopic (exact) mass is 440 g/mol. The van der Waals surface area contributed by atoms with E-state index < -0.39 is 5.97 Å². The molecule has 32 heavy (non-hydrogen) atoms. The van der Waals surface area contributed by atoms with Gasteiger partial charge in [-0.1, -0.05) is 38.0 Å². The van der Waals surface area contributed by atoms with Crippen molar-refractivity contribution in [2.45, 2.75) is 79.1 Å².